The zero-order valence-electron chi connectivity index (χ0n) is 7.23. The summed E-state index contributed by atoms with van der Waals surface area (Å²) < 4.78 is 0.205. The number of rotatable bonds is 2. The van der Waals surface area contributed by atoms with E-state index in [1.807, 2.05) is 6.07 Å². The van der Waals surface area contributed by atoms with Crippen LogP contribution in [-0.2, 0) is 0 Å². The van der Waals surface area contributed by atoms with Crippen LogP contribution in [0.1, 0.15) is 15.9 Å². The molecule has 1 rings (SSSR count). The Morgan fingerprint density at radius 2 is 2.20 bits per heavy atom. The zero-order chi connectivity index (χ0) is 11.6. The summed E-state index contributed by atoms with van der Waals surface area (Å²) in [4.78, 5) is 20.9. The van der Waals surface area contributed by atoms with Crippen molar-refractivity contribution in [3.63, 3.8) is 0 Å². The predicted octanol–water partition coefficient (Wildman–Crippen LogP) is 1.17. The predicted molar refractivity (Wildman–Crippen MR) is 59.0 cm³/mol. The first-order valence-electron chi connectivity index (χ1n) is 3.65. The molecule has 6 nitrogen and oxygen atoms in total. The normalized spacial score (nSPS) is 9.33. The minimum atomic E-state index is -0.914. The number of nitro groups is 1. The van der Waals surface area contributed by atoms with Crippen molar-refractivity contribution < 1.29 is 9.72 Å². The lowest BCUT2D eigenvalue weighted by Crippen LogP contribution is -2.16. The van der Waals surface area contributed by atoms with Crippen molar-refractivity contribution in [3.05, 3.63) is 36.9 Å². The maximum atomic E-state index is 11.0. The molecule has 0 aliphatic rings. The van der Waals surface area contributed by atoms with E-state index in [4.69, 9.17) is 11.0 Å². The number of benzene rings is 1. The van der Waals surface area contributed by atoms with Crippen molar-refractivity contribution in [2.75, 3.05) is 0 Å². The van der Waals surface area contributed by atoms with Gasteiger partial charge in [-0.2, -0.15) is 5.26 Å². The molecule has 0 saturated carbocycles. The molecule has 0 atom stereocenters. The van der Waals surface area contributed by atoms with Crippen LogP contribution in [0.15, 0.2) is 12.1 Å². The third kappa shape index (κ3) is 2.04. The number of carbonyl (C=O) groups is 1. The average Bonchev–Trinajstić information content (AvgIpc) is 2.16. The third-order valence-corrected chi connectivity index (χ3v) is 2.80. The highest BCUT2D eigenvalue weighted by Crippen LogP contribution is 2.26. The lowest BCUT2D eigenvalue weighted by Gasteiger charge is -2.02. The molecule has 2 N–H and O–H groups in total. The van der Waals surface area contributed by atoms with Crippen LogP contribution in [0, 0.1) is 25.0 Å². The lowest BCUT2D eigenvalue weighted by atomic mass is 10.1. The highest BCUT2D eigenvalue weighted by Gasteiger charge is 2.23. The molecule has 0 aromatic heterocycles. The number of hydrogen-bond acceptors (Lipinski definition) is 4. The molecule has 0 aliphatic carbocycles. The minimum Gasteiger partial charge on any atom is -0.365 e. The Kier molecular flexibility index (Phi) is 3.21. The van der Waals surface area contributed by atoms with Crippen molar-refractivity contribution in [1.29, 1.82) is 5.26 Å². The minimum absolute atomic E-state index is 0.190. The first-order chi connectivity index (χ1) is 6.99. The van der Waals surface area contributed by atoms with E-state index in [2.05, 4.69) is 0 Å². The van der Waals surface area contributed by atoms with Crippen LogP contribution in [0.4, 0.5) is 5.69 Å². The summed E-state index contributed by atoms with van der Waals surface area (Å²) in [6.07, 6.45) is 0. The molecule has 0 unspecified atom stereocenters. The monoisotopic (exact) mass is 317 g/mol. The number of carbonyl (C=O) groups excluding carboxylic acids is 1. The SMILES string of the molecule is N#Cc1ccc([N+](=O)[O-])c(C(N)=O)c1I. The first-order valence-corrected chi connectivity index (χ1v) is 4.73. The van der Waals surface area contributed by atoms with Crippen LogP contribution >= 0.6 is 22.6 Å². The molecule has 0 bridgehead atoms. The van der Waals surface area contributed by atoms with Gasteiger partial charge in [0, 0.05) is 6.07 Å². The van der Waals surface area contributed by atoms with E-state index in [-0.39, 0.29) is 20.4 Å². The number of nitriles is 1. The fourth-order valence-corrected chi connectivity index (χ4v) is 1.88. The molecular weight excluding hydrogens is 313 g/mol. The molecule has 0 aliphatic heterocycles. The summed E-state index contributed by atoms with van der Waals surface area (Å²) in [5.74, 6) is -0.914. The molecule has 0 radical (unpaired) electrons. The Bertz CT molecular complexity index is 493. The van der Waals surface area contributed by atoms with Crippen molar-refractivity contribution in [2.24, 2.45) is 5.73 Å². The number of nitrogens with two attached hydrogens (primary N) is 1. The maximum absolute atomic E-state index is 11.0. The number of halogens is 1. The average molecular weight is 317 g/mol. The fourth-order valence-electron chi connectivity index (χ4n) is 1.04. The number of nitro benzene ring substituents is 1. The molecule has 0 spiro atoms. The smallest absolute Gasteiger partial charge is 0.283 e. The van der Waals surface area contributed by atoms with E-state index in [1.54, 1.807) is 22.6 Å². The molecule has 1 aromatic rings. The van der Waals surface area contributed by atoms with Crippen molar-refractivity contribution in [2.45, 2.75) is 0 Å². The zero-order valence-corrected chi connectivity index (χ0v) is 9.39. The Balaban J connectivity index is 3.60. The second-order valence-corrected chi connectivity index (χ2v) is 3.63. The van der Waals surface area contributed by atoms with Gasteiger partial charge in [0.2, 0.25) is 0 Å². The largest absolute Gasteiger partial charge is 0.365 e. The van der Waals surface area contributed by atoms with Gasteiger partial charge >= 0.3 is 0 Å². The summed E-state index contributed by atoms with van der Waals surface area (Å²) in [7, 11) is 0. The highest BCUT2D eigenvalue weighted by molar-refractivity contribution is 14.1. The van der Waals surface area contributed by atoms with Crippen LogP contribution in [-0.4, -0.2) is 10.8 Å². The molecule has 0 saturated heterocycles. The van der Waals surface area contributed by atoms with Crippen LogP contribution < -0.4 is 5.73 Å². The lowest BCUT2D eigenvalue weighted by molar-refractivity contribution is -0.385. The van der Waals surface area contributed by atoms with Gasteiger partial charge in [-0.1, -0.05) is 0 Å². The Hall–Kier alpha value is -1.69. The molecule has 7 heteroatoms. The Morgan fingerprint density at radius 3 is 2.60 bits per heavy atom. The Morgan fingerprint density at radius 1 is 1.60 bits per heavy atom. The third-order valence-electron chi connectivity index (χ3n) is 1.68. The van der Waals surface area contributed by atoms with Crippen LogP contribution in [0.25, 0.3) is 0 Å². The Labute approximate surface area is 98.0 Å². The molecule has 76 valence electrons. The van der Waals surface area contributed by atoms with Gasteiger partial charge in [0.05, 0.1) is 14.1 Å². The van der Waals surface area contributed by atoms with Gasteiger partial charge in [0.1, 0.15) is 11.6 Å². The van der Waals surface area contributed by atoms with Gasteiger partial charge in [-0.25, -0.2) is 0 Å². The summed E-state index contributed by atoms with van der Waals surface area (Å²) in [6, 6.07) is 4.20. The standard InChI is InChI=1S/C8H4IN3O3/c9-7-4(3-10)1-2-5(12(14)15)6(7)8(11)13/h1-2H,(H2,11,13). The molecule has 0 heterocycles. The molecular formula is C8H4IN3O3. The summed E-state index contributed by atoms with van der Waals surface area (Å²) >= 11 is 1.69. The number of hydrogen-bond donors (Lipinski definition) is 1. The van der Waals surface area contributed by atoms with Gasteiger partial charge < -0.3 is 5.73 Å². The van der Waals surface area contributed by atoms with Gasteiger partial charge in [-0.05, 0) is 28.7 Å². The summed E-state index contributed by atoms with van der Waals surface area (Å²) in [6.45, 7) is 0. The van der Waals surface area contributed by atoms with Crippen molar-refractivity contribution in [1.82, 2.24) is 0 Å². The van der Waals surface area contributed by atoms with E-state index in [0.29, 0.717) is 0 Å². The van der Waals surface area contributed by atoms with Gasteiger partial charge in [-0.3, -0.25) is 14.9 Å². The first kappa shape index (κ1) is 11.4. The van der Waals surface area contributed by atoms with E-state index < -0.39 is 10.8 Å². The van der Waals surface area contributed by atoms with Crippen LogP contribution in [0.2, 0.25) is 0 Å². The van der Waals surface area contributed by atoms with Crippen LogP contribution in [0.3, 0.4) is 0 Å². The molecule has 0 fully saturated rings. The van der Waals surface area contributed by atoms with E-state index >= 15 is 0 Å². The van der Waals surface area contributed by atoms with Crippen molar-refractivity contribution >= 4 is 34.2 Å². The number of nitrogens with zero attached hydrogens (tertiary/aromatic N) is 2. The fraction of sp³-hybridized carbons (Fsp3) is 0. The number of amides is 1. The van der Waals surface area contributed by atoms with Crippen molar-refractivity contribution in [3.8, 4) is 6.07 Å². The second kappa shape index (κ2) is 4.22. The number of primary amides is 1. The molecule has 15 heavy (non-hydrogen) atoms. The van der Waals surface area contributed by atoms with Gasteiger partial charge in [-0.15, -0.1) is 0 Å². The highest BCUT2D eigenvalue weighted by atomic mass is 127. The maximum Gasteiger partial charge on any atom is 0.283 e. The van der Waals surface area contributed by atoms with Crippen LogP contribution in [0.5, 0.6) is 0 Å². The molecule has 1 aromatic carbocycles. The van der Waals surface area contributed by atoms with E-state index in [9.17, 15) is 14.9 Å². The second-order valence-electron chi connectivity index (χ2n) is 2.55. The van der Waals surface area contributed by atoms with Gasteiger partial charge in [0.15, 0.2) is 0 Å². The van der Waals surface area contributed by atoms with Gasteiger partial charge in [0.25, 0.3) is 11.6 Å². The summed E-state index contributed by atoms with van der Waals surface area (Å²) in [5.41, 5.74) is 4.60. The quantitative estimate of drug-likeness (QED) is 0.501. The molecule has 1 amide bonds. The summed E-state index contributed by atoms with van der Waals surface area (Å²) in [5, 5.41) is 19.3. The van der Waals surface area contributed by atoms with E-state index in [0.717, 1.165) is 6.07 Å². The van der Waals surface area contributed by atoms with E-state index in [1.165, 1.54) is 6.07 Å². The topological polar surface area (TPSA) is 110 Å².